The zero-order chi connectivity index (χ0) is 12.8. The summed E-state index contributed by atoms with van der Waals surface area (Å²) < 4.78 is 4.85. The Labute approximate surface area is 97.1 Å². The summed E-state index contributed by atoms with van der Waals surface area (Å²) in [5.74, 6) is -0.0723. The van der Waals surface area contributed by atoms with E-state index in [0.29, 0.717) is 0 Å². The van der Waals surface area contributed by atoms with Gasteiger partial charge in [0.2, 0.25) is 17.6 Å². The number of aromatic nitrogens is 1. The van der Waals surface area contributed by atoms with Gasteiger partial charge in [0, 0.05) is 19.2 Å². The second-order valence-electron chi connectivity index (χ2n) is 3.01. The highest BCUT2D eigenvalue weighted by atomic mass is 16.6. The number of amides is 1. The molecule has 0 aliphatic heterocycles. The first-order valence-corrected chi connectivity index (χ1v) is 4.72. The summed E-state index contributed by atoms with van der Waals surface area (Å²) in [6.45, 7) is -0.0997. The Kier molecular flexibility index (Phi) is 4.21. The van der Waals surface area contributed by atoms with Gasteiger partial charge in [0.15, 0.2) is 0 Å². The first-order chi connectivity index (χ1) is 8.08. The summed E-state index contributed by atoms with van der Waals surface area (Å²) in [5.41, 5.74) is -0.213. The van der Waals surface area contributed by atoms with Crippen molar-refractivity contribution in [3.8, 4) is 5.88 Å². The van der Waals surface area contributed by atoms with Crippen LogP contribution in [0.3, 0.4) is 0 Å². The summed E-state index contributed by atoms with van der Waals surface area (Å²) in [4.78, 5) is 25.0. The molecule has 0 saturated heterocycles. The predicted molar refractivity (Wildman–Crippen MR) is 60.0 cm³/mol. The quantitative estimate of drug-likeness (QED) is 0.560. The number of nitro groups is 1. The van der Waals surface area contributed by atoms with Gasteiger partial charge in [0.25, 0.3) is 0 Å². The maximum absolute atomic E-state index is 11.0. The van der Waals surface area contributed by atoms with Gasteiger partial charge in [-0.2, -0.15) is 4.98 Å². The molecule has 0 fully saturated rings. The van der Waals surface area contributed by atoms with Crippen LogP contribution >= 0.6 is 0 Å². The third kappa shape index (κ3) is 3.30. The maximum atomic E-state index is 11.0. The van der Waals surface area contributed by atoms with Crippen LogP contribution in [-0.4, -0.2) is 36.5 Å². The molecule has 0 bridgehead atoms. The van der Waals surface area contributed by atoms with E-state index in [2.05, 4.69) is 15.6 Å². The van der Waals surface area contributed by atoms with Crippen molar-refractivity contribution in [3.05, 3.63) is 22.2 Å². The van der Waals surface area contributed by atoms with Gasteiger partial charge in [-0.25, -0.2) is 0 Å². The normalized spacial score (nSPS) is 9.53. The lowest BCUT2D eigenvalue weighted by Gasteiger charge is -2.06. The number of hydrogen-bond donors (Lipinski definition) is 2. The molecule has 0 radical (unpaired) electrons. The monoisotopic (exact) mass is 240 g/mol. The van der Waals surface area contributed by atoms with Crippen LogP contribution in [-0.2, 0) is 4.79 Å². The van der Waals surface area contributed by atoms with E-state index in [0.717, 1.165) is 0 Å². The number of carbonyl (C=O) groups is 1. The topological polar surface area (TPSA) is 106 Å². The molecule has 0 aliphatic rings. The molecular weight excluding hydrogens is 228 g/mol. The van der Waals surface area contributed by atoms with E-state index in [9.17, 15) is 14.9 Å². The van der Waals surface area contributed by atoms with Crippen LogP contribution in [0.4, 0.5) is 11.5 Å². The molecule has 0 saturated carbocycles. The fraction of sp³-hybridized carbons (Fsp3) is 0.333. The molecule has 1 amide bonds. The zero-order valence-electron chi connectivity index (χ0n) is 9.39. The Hall–Kier alpha value is -2.38. The molecule has 17 heavy (non-hydrogen) atoms. The van der Waals surface area contributed by atoms with Crippen molar-refractivity contribution in [2.75, 3.05) is 26.0 Å². The molecule has 2 N–H and O–H groups in total. The Balaban J connectivity index is 2.93. The lowest BCUT2D eigenvalue weighted by Crippen LogP contribution is -2.26. The Morgan fingerprint density at radius 2 is 2.29 bits per heavy atom. The Morgan fingerprint density at radius 1 is 1.59 bits per heavy atom. The molecule has 0 aromatic carbocycles. The fourth-order valence-electron chi connectivity index (χ4n) is 1.08. The SMILES string of the molecule is CNC(=O)CNc1nc(OC)ccc1[N+](=O)[O-]. The molecule has 1 aromatic heterocycles. The van der Waals surface area contributed by atoms with Crippen molar-refractivity contribution in [3.63, 3.8) is 0 Å². The summed E-state index contributed by atoms with van der Waals surface area (Å²) in [7, 11) is 2.87. The van der Waals surface area contributed by atoms with Crippen LogP contribution in [0.2, 0.25) is 0 Å². The van der Waals surface area contributed by atoms with Crippen molar-refractivity contribution >= 4 is 17.4 Å². The number of likely N-dealkylation sites (N-methyl/N-ethyl adjacent to an activating group) is 1. The molecule has 92 valence electrons. The number of hydrogen-bond acceptors (Lipinski definition) is 6. The van der Waals surface area contributed by atoms with Gasteiger partial charge in [-0.3, -0.25) is 14.9 Å². The molecule has 0 atom stereocenters. The smallest absolute Gasteiger partial charge is 0.311 e. The van der Waals surface area contributed by atoms with Gasteiger partial charge in [-0.1, -0.05) is 0 Å². The number of nitrogens with one attached hydrogen (secondary N) is 2. The van der Waals surface area contributed by atoms with Crippen molar-refractivity contribution in [1.82, 2.24) is 10.3 Å². The van der Waals surface area contributed by atoms with Gasteiger partial charge in [-0.05, 0) is 0 Å². The highest BCUT2D eigenvalue weighted by Crippen LogP contribution is 2.24. The standard InChI is InChI=1S/C9H12N4O4/c1-10-7(14)5-11-9-6(13(15)16)3-4-8(12-9)17-2/h3-4H,5H2,1-2H3,(H,10,14)(H,11,12). The van der Waals surface area contributed by atoms with Crippen molar-refractivity contribution in [2.24, 2.45) is 0 Å². The first-order valence-electron chi connectivity index (χ1n) is 4.72. The predicted octanol–water partition coefficient (Wildman–Crippen LogP) is 0.156. The van der Waals surface area contributed by atoms with Gasteiger partial charge < -0.3 is 15.4 Å². The van der Waals surface area contributed by atoms with Crippen LogP contribution in [0.15, 0.2) is 12.1 Å². The molecule has 1 rings (SSSR count). The highest BCUT2D eigenvalue weighted by molar-refractivity contribution is 5.80. The minimum atomic E-state index is -0.585. The van der Waals surface area contributed by atoms with Gasteiger partial charge in [0.05, 0.1) is 18.6 Å². The van der Waals surface area contributed by atoms with Crippen LogP contribution in [0.5, 0.6) is 5.88 Å². The number of anilines is 1. The van der Waals surface area contributed by atoms with Gasteiger partial charge >= 0.3 is 5.69 Å². The van der Waals surface area contributed by atoms with Crippen molar-refractivity contribution in [1.29, 1.82) is 0 Å². The van der Waals surface area contributed by atoms with E-state index in [-0.39, 0.29) is 29.8 Å². The Bertz CT molecular complexity index is 435. The number of pyridine rings is 1. The molecule has 0 unspecified atom stereocenters. The molecule has 1 heterocycles. The molecule has 1 aromatic rings. The van der Waals surface area contributed by atoms with E-state index < -0.39 is 4.92 Å². The summed E-state index contributed by atoms with van der Waals surface area (Å²) in [6, 6.07) is 2.64. The number of nitrogens with zero attached hydrogens (tertiary/aromatic N) is 2. The molecule has 8 heteroatoms. The van der Waals surface area contributed by atoms with E-state index in [4.69, 9.17) is 4.74 Å². The average Bonchev–Trinajstić information content (AvgIpc) is 2.35. The van der Waals surface area contributed by atoms with E-state index in [1.54, 1.807) is 0 Å². The van der Waals surface area contributed by atoms with Gasteiger partial charge in [-0.15, -0.1) is 0 Å². The lowest BCUT2D eigenvalue weighted by atomic mass is 10.4. The summed E-state index contributed by atoms with van der Waals surface area (Å²) in [5, 5.41) is 15.7. The number of rotatable bonds is 5. The second-order valence-corrected chi connectivity index (χ2v) is 3.01. The zero-order valence-corrected chi connectivity index (χ0v) is 9.39. The van der Waals surface area contributed by atoms with E-state index in [1.807, 2.05) is 0 Å². The first kappa shape index (κ1) is 12.7. The van der Waals surface area contributed by atoms with Crippen molar-refractivity contribution in [2.45, 2.75) is 0 Å². The van der Waals surface area contributed by atoms with Crippen LogP contribution in [0, 0.1) is 10.1 Å². The van der Waals surface area contributed by atoms with Crippen molar-refractivity contribution < 1.29 is 14.5 Å². The minimum absolute atomic E-state index is 0.00190. The molecule has 8 nitrogen and oxygen atoms in total. The van der Waals surface area contributed by atoms with Gasteiger partial charge in [0.1, 0.15) is 0 Å². The summed E-state index contributed by atoms with van der Waals surface area (Å²) >= 11 is 0. The molecular formula is C9H12N4O4. The molecule has 0 aliphatic carbocycles. The fourth-order valence-corrected chi connectivity index (χ4v) is 1.08. The number of ether oxygens (including phenoxy) is 1. The third-order valence-corrected chi connectivity index (χ3v) is 1.95. The lowest BCUT2D eigenvalue weighted by molar-refractivity contribution is -0.384. The highest BCUT2D eigenvalue weighted by Gasteiger charge is 2.16. The molecule has 0 spiro atoms. The van der Waals surface area contributed by atoms with Crippen LogP contribution in [0.25, 0.3) is 0 Å². The number of methoxy groups -OCH3 is 1. The maximum Gasteiger partial charge on any atom is 0.311 e. The minimum Gasteiger partial charge on any atom is -0.481 e. The second kappa shape index (κ2) is 5.64. The average molecular weight is 240 g/mol. The third-order valence-electron chi connectivity index (χ3n) is 1.95. The van der Waals surface area contributed by atoms with Crippen LogP contribution in [0.1, 0.15) is 0 Å². The largest absolute Gasteiger partial charge is 0.481 e. The number of carbonyl (C=O) groups excluding carboxylic acids is 1. The van der Waals surface area contributed by atoms with E-state index >= 15 is 0 Å². The summed E-state index contributed by atoms with van der Waals surface area (Å²) in [6.07, 6.45) is 0. The van der Waals surface area contributed by atoms with Crippen LogP contribution < -0.4 is 15.4 Å². The Morgan fingerprint density at radius 3 is 2.82 bits per heavy atom. The van der Waals surface area contributed by atoms with E-state index in [1.165, 1.54) is 26.3 Å².